The molecule has 2 heterocycles. The predicted molar refractivity (Wildman–Crippen MR) is 102 cm³/mol. The van der Waals surface area contributed by atoms with E-state index in [-0.39, 0.29) is 17.6 Å². The maximum Gasteiger partial charge on any atom is 0.259 e. The smallest absolute Gasteiger partial charge is 0.259 e. The van der Waals surface area contributed by atoms with E-state index in [4.69, 9.17) is 30.3 Å². The quantitative estimate of drug-likeness (QED) is 0.818. The van der Waals surface area contributed by atoms with Gasteiger partial charge >= 0.3 is 0 Å². The standard InChI is InChI=1S/C20H23ClN2O5/c1-10-6-5-7-15(26-4)20(10)9-13-14(25-3)8-12(16(21)17(13)27-20)19-22-18(11(2)24)23-28-19/h7-8,10-11,24H,5-6,9H2,1-4H3/t10-,11?,20+/m1/s1. The summed E-state index contributed by atoms with van der Waals surface area (Å²) in [5.41, 5.74) is 0.785. The van der Waals surface area contributed by atoms with Crippen molar-refractivity contribution in [1.29, 1.82) is 0 Å². The molecule has 0 saturated carbocycles. The third-order valence-corrected chi connectivity index (χ3v) is 6.01. The Morgan fingerprint density at radius 1 is 1.36 bits per heavy atom. The minimum atomic E-state index is -0.843. The zero-order valence-corrected chi connectivity index (χ0v) is 17.0. The molecule has 8 heteroatoms. The van der Waals surface area contributed by atoms with E-state index in [0.717, 1.165) is 24.2 Å². The summed E-state index contributed by atoms with van der Waals surface area (Å²) < 4.78 is 23.1. The second-order valence-electron chi connectivity index (χ2n) is 7.30. The summed E-state index contributed by atoms with van der Waals surface area (Å²) in [4.78, 5) is 4.23. The van der Waals surface area contributed by atoms with Gasteiger partial charge in [-0.05, 0) is 31.9 Å². The van der Waals surface area contributed by atoms with Gasteiger partial charge in [-0.25, -0.2) is 0 Å². The van der Waals surface area contributed by atoms with Crippen LogP contribution in [-0.2, 0) is 11.2 Å². The molecule has 7 nitrogen and oxygen atoms in total. The summed E-state index contributed by atoms with van der Waals surface area (Å²) in [6, 6.07) is 1.77. The number of aliphatic hydroxyl groups is 1. The molecule has 0 amide bonds. The molecule has 28 heavy (non-hydrogen) atoms. The van der Waals surface area contributed by atoms with Crippen molar-refractivity contribution in [1.82, 2.24) is 10.1 Å². The van der Waals surface area contributed by atoms with E-state index in [9.17, 15) is 5.11 Å². The highest BCUT2D eigenvalue weighted by Gasteiger charge is 2.51. The van der Waals surface area contributed by atoms with Crippen LogP contribution in [0.15, 0.2) is 22.4 Å². The van der Waals surface area contributed by atoms with Crippen molar-refractivity contribution in [3.8, 4) is 23.0 Å². The Morgan fingerprint density at radius 3 is 2.79 bits per heavy atom. The van der Waals surface area contributed by atoms with E-state index < -0.39 is 11.7 Å². The lowest BCUT2D eigenvalue weighted by Gasteiger charge is -2.38. The molecule has 1 spiro atoms. The third kappa shape index (κ3) is 2.76. The molecule has 1 N–H and O–H groups in total. The molecule has 0 saturated heterocycles. The summed E-state index contributed by atoms with van der Waals surface area (Å²) in [5, 5.41) is 13.8. The third-order valence-electron chi connectivity index (χ3n) is 5.63. The molecule has 2 aliphatic rings. The van der Waals surface area contributed by atoms with Crippen LogP contribution in [0.1, 0.15) is 44.2 Å². The van der Waals surface area contributed by atoms with E-state index in [1.807, 2.05) is 0 Å². The Morgan fingerprint density at radius 2 is 2.14 bits per heavy atom. The molecule has 1 aromatic carbocycles. The highest BCUT2D eigenvalue weighted by Crippen LogP contribution is 2.54. The molecular weight excluding hydrogens is 384 g/mol. The Balaban J connectivity index is 1.83. The zero-order valence-electron chi connectivity index (χ0n) is 16.3. The predicted octanol–water partition coefficient (Wildman–Crippen LogP) is 4.09. The summed E-state index contributed by atoms with van der Waals surface area (Å²) >= 11 is 6.72. The molecule has 3 atom stereocenters. The van der Waals surface area contributed by atoms with Crippen molar-refractivity contribution in [3.05, 3.63) is 34.3 Å². The second-order valence-corrected chi connectivity index (χ2v) is 7.68. The van der Waals surface area contributed by atoms with Crippen molar-refractivity contribution in [2.24, 2.45) is 5.92 Å². The highest BCUT2D eigenvalue weighted by molar-refractivity contribution is 6.35. The van der Waals surface area contributed by atoms with Crippen molar-refractivity contribution < 1.29 is 23.8 Å². The molecular formula is C20H23ClN2O5. The molecule has 0 fully saturated rings. The number of hydrogen-bond donors (Lipinski definition) is 1. The average Bonchev–Trinajstić information content (AvgIpc) is 3.31. The van der Waals surface area contributed by atoms with Gasteiger partial charge in [0.05, 0.1) is 24.8 Å². The van der Waals surface area contributed by atoms with Crippen LogP contribution in [0.25, 0.3) is 11.5 Å². The van der Waals surface area contributed by atoms with Gasteiger partial charge in [-0.3, -0.25) is 0 Å². The number of ether oxygens (including phenoxy) is 3. The largest absolute Gasteiger partial charge is 0.497 e. The second kappa shape index (κ2) is 6.97. The number of halogens is 1. The number of aliphatic hydroxyl groups excluding tert-OH is 1. The minimum absolute atomic E-state index is 0.188. The summed E-state index contributed by atoms with van der Waals surface area (Å²) in [6.45, 7) is 3.72. The van der Waals surface area contributed by atoms with Crippen LogP contribution < -0.4 is 9.47 Å². The number of nitrogens with zero attached hydrogens (tertiary/aromatic N) is 2. The fraction of sp³-hybridized carbons (Fsp3) is 0.500. The van der Waals surface area contributed by atoms with Gasteiger partial charge in [-0.2, -0.15) is 4.98 Å². The van der Waals surface area contributed by atoms with E-state index in [1.54, 1.807) is 27.2 Å². The van der Waals surface area contributed by atoms with Crippen LogP contribution in [0.4, 0.5) is 0 Å². The number of aromatic nitrogens is 2. The van der Waals surface area contributed by atoms with Crippen molar-refractivity contribution in [2.75, 3.05) is 14.2 Å². The molecule has 1 unspecified atom stereocenters. The number of hydrogen-bond acceptors (Lipinski definition) is 7. The first kappa shape index (κ1) is 19.1. The lowest BCUT2D eigenvalue weighted by atomic mass is 9.77. The number of methoxy groups -OCH3 is 2. The van der Waals surface area contributed by atoms with Gasteiger partial charge in [0.15, 0.2) is 11.4 Å². The van der Waals surface area contributed by atoms with Gasteiger partial charge in [-0.1, -0.05) is 23.7 Å². The van der Waals surface area contributed by atoms with E-state index >= 15 is 0 Å². The SMILES string of the molecule is COC1=CCC[C@@H](C)[C@@]12Cc1c(OC)cc(-c3nc(C(C)O)no3)c(Cl)c1O2. The molecule has 1 aliphatic carbocycles. The monoisotopic (exact) mass is 406 g/mol. The van der Waals surface area contributed by atoms with Gasteiger partial charge in [0.2, 0.25) is 0 Å². The molecule has 1 aliphatic heterocycles. The van der Waals surface area contributed by atoms with Crippen LogP contribution >= 0.6 is 11.6 Å². The van der Waals surface area contributed by atoms with Gasteiger partial charge in [0, 0.05) is 17.9 Å². The van der Waals surface area contributed by atoms with Crippen LogP contribution in [0.3, 0.4) is 0 Å². The van der Waals surface area contributed by atoms with E-state index in [1.165, 1.54) is 0 Å². The number of fused-ring (bicyclic) bond motifs is 1. The summed E-state index contributed by atoms with van der Waals surface area (Å²) in [7, 11) is 3.27. The molecule has 1 aromatic heterocycles. The summed E-state index contributed by atoms with van der Waals surface area (Å²) in [6.07, 6.45) is 3.79. The molecule has 0 radical (unpaired) electrons. The first-order valence-electron chi connectivity index (χ1n) is 9.26. The maximum atomic E-state index is 9.67. The fourth-order valence-electron chi connectivity index (χ4n) is 4.04. The van der Waals surface area contributed by atoms with Gasteiger partial charge in [-0.15, -0.1) is 0 Å². The van der Waals surface area contributed by atoms with Gasteiger partial charge in [0.1, 0.15) is 23.4 Å². The Hall–Kier alpha value is -2.25. The molecule has 0 bridgehead atoms. The van der Waals surface area contributed by atoms with Gasteiger partial charge < -0.3 is 23.8 Å². The molecule has 2 aromatic rings. The van der Waals surface area contributed by atoms with Crippen molar-refractivity contribution >= 4 is 11.6 Å². The first-order valence-corrected chi connectivity index (χ1v) is 9.64. The van der Waals surface area contributed by atoms with Gasteiger partial charge in [0.25, 0.3) is 5.89 Å². The lowest BCUT2D eigenvalue weighted by molar-refractivity contribution is 0.00900. The highest BCUT2D eigenvalue weighted by atomic mass is 35.5. The summed E-state index contributed by atoms with van der Waals surface area (Å²) in [5.74, 6) is 2.63. The van der Waals surface area contributed by atoms with Crippen molar-refractivity contribution in [2.45, 2.75) is 44.8 Å². The normalized spacial score (nSPS) is 24.5. The van der Waals surface area contributed by atoms with E-state index in [0.29, 0.717) is 28.5 Å². The number of rotatable bonds is 4. The van der Waals surface area contributed by atoms with Crippen LogP contribution in [-0.4, -0.2) is 35.1 Å². The Bertz CT molecular complexity index is 939. The first-order chi connectivity index (χ1) is 13.4. The van der Waals surface area contributed by atoms with Crippen molar-refractivity contribution in [3.63, 3.8) is 0 Å². The van der Waals surface area contributed by atoms with Crippen LogP contribution in [0.2, 0.25) is 5.02 Å². The number of allylic oxidation sites excluding steroid dienone is 1. The van der Waals surface area contributed by atoms with E-state index in [2.05, 4.69) is 23.1 Å². The minimum Gasteiger partial charge on any atom is -0.497 e. The lowest BCUT2D eigenvalue weighted by Crippen LogP contribution is -2.45. The Kier molecular flexibility index (Phi) is 4.75. The topological polar surface area (TPSA) is 86.8 Å². The zero-order chi connectivity index (χ0) is 20.1. The number of benzene rings is 1. The molecule has 4 rings (SSSR count). The fourth-order valence-corrected chi connectivity index (χ4v) is 4.32. The Labute approximate surface area is 168 Å². The molecule has 150 valence electrons. The maximum absolute atomic E-state index is 9.67. The van der Waals surface area contributed by atoms with Crippen LogP contribution in [0, 0.1) is 5.92 Å². The average molecular weight is 407 g/mol. The van der Waals surface area contributed by atoms with Crippen LogP contribution in [0.5, 0.6) is 11.5 Å².